The molecule has 1 aliphatic heterocycles. The van der Waals surface area contributed by atoms with Gasteiger partial charge in [0.1, 0.15) is 0 Å². The van der Waals surface area contributed by atoms with Crippen molar-refractivity contribution in [3.8, 4) is 0 Å². The Balaban J connectivity index is 1.92. The predicted octanol–water partition coefficient (Wildman–Crippen LogP) is 1.79. The molecule has 0 bridgehead atoms. The first-order valence-corrected chi connectivity index (χ1v) is 6.76. The number of amides is 1. The molecule has 18 heavy (non-hydrogen) atoms. The van der Waals surface area contributed by atoms with Crippen LogP contribution in [0.3, 0.4) is 0 Å². The van der Waals surface area contributed by atoms with Crippen molar-refractivity contribution < 1.29 is 4.79 Å². The van der Waals surface area contributed by atoms with Crippen LogP contribution < -0.4 is 10.6 Å². The summed E-state index contributed by atoms with van der Waals surface area (Å²) in [5.41, 5.74) is 4.10. The van der Waals surface area contributed by atoms with E-state index in [-0.39, 0.29) is 11.9 Å². The molecule has 2 N–H and O–H groups in total. The summed E-state index contributed by atoms with van der Waals surface area (Å²) in [7, 11) is 0. The zero-order valence-corrected chi connectivity index (χ0v) is 11.3. The summed E-state index contributed by atoms with van der Waals surface area (Å²) in [5.74, 6) is 0.140. The lowest BCUT2D eigenvalue weighted by atomic mass is 9.97. The van der Waals surface area contributed by atoms with Gasteiger partial charge in [0.2, 0.25) is 5.91 Å². The van der Waals surface area contributed by atoms with E-state index in [0.717, 1.165) is 25.9 Å². The second kappa shape index (κ2) is 6.01. The van der Waals surface area contributed by atoms with Crippen LogP contribution in [0.5, 0.6) is 0 Å². The standard InChI is InChI=1S/C15H22N2O/c1-11(2)17-15(18)6-4-12-3-5-13-7-8-16-10-14(13)9-12/h3,5,9,11,16H,4,6-8,10H2,1-2H3,(H,17,18). The summed E-state index contributed by atoms with van der Waals surface area (Å²) < 4.78 is 0. The van der Waals surface area contributed by atoms with Gasteiger partial charge in [-0.05, 0) is 49.9 Å². The molecule has 0 atom stereocenters. The number of aryl methyl sites for hydroxylation is 1. The lowest BCUT2D eigenvalue weighted by molar-refractivity contribution is -0.121. The van der Waals surface area contributed by atoms with E-state index in [1.54, 1.807) is 0 Å². The van der Waals surface area contributed by atoms with E-state index in [9.17, 15) is 4.79 Å². The van der Waals surface area contributed by atoms with Crippen molar-refractivity contribution in [2.75, 3.05) is 6.54 Å². The Hall–Kier alpha value is -1.35. The normalized spacial score (nSPS) is 14.4. The van der Waals surface area contributed by atoms with Crippen molar-refractivity contribution in [1.29, 1.82) is 0 Å². The Morgan fingerprint density at radius 1 is 1.39 bits per heavy atom. The molecule has 3 nitrogen and oxygen atoms in total. The van der Waals surface area contributed by atoms with Crippen molar-refractivity contribution >= 4 is 5.91 Å². The van der Waals surface area contributed by atoms with Gasteiger partial charge in [-0.25, -0.2) is 0 Å². The molecule has 1 amide bonds. The highest BCUT2D eigenvalue weighted by Crippen LogP contribution is 2.16. The fourth-order valence-electron chi connectivity index (χ4n) is 2.34. The smallest absolute Gasteiger partial charge is 0.220 e. The van der Waals surface area contributed by atoms with Crippen LogP contribution in [0, 0.1) is 0 Å². The molecular formula is C15H22N2O. The van der Waals surface area contributed by atoms with Crippen LogP contribution in [0.4, 0.5) is 0 Å². The number of carbonyl (C=O) groups is 1. The van der Waals surface area contributed by atoms with E-state index in [2.05, 4.69) is 28.8 Å². The highest BCUT2D eigenvalue weighted by atomic mass is 16.1. The van der Waals surface area contributed by atoms with E-state index < -0.39 is 0 Å². The van der Waals surface area contributed by atoms with E-state index in [4.69, 9.17) is 0 Å². The average molecular weight is 246 g/mol. The number of benzene rings is 1. The van der Waals surface area contributed by atoms with Crippen LogP contribution in [0.15, 0.2) is 18.2 Å². The number of fused-ring (bicyclic) bond motifs is 1. The summed E-state index contributed by atoms with van der Waals surface area (Å²) in [5, 5.41) is 6.30. The van der Waals surface area contributed by atoms with Crippen LogP contribution in [0.25, 0.3) is 0 Å². The Morgan fingerprint density at radius 2 is 2.22 bits per heavy atom. The molecule has 1 aromatic carbocycles. The van der Waals surface area contributed by atoms with E-state index in [1.165, 1.54) is 16.7 Å². The van der Waals surface area contributed by atoms with Crippen LogP contribution in [-0.4, -0.2) is 18.5 Å². The van der Waals surface area contributed by atoms with Crippen LogP contribution in [0.1, 0.15) is 37.0 Å². The van der Waals surface area contributed by atoms with Gasteiger partial charge in [-0.3, -0.25) is 4.79 Å². The lowest BCUT2D eigenvalue weighted by Crippen LogP contribution is -2.30. The van der Waals surface area contributed by atoms with Crippen molar-refractivity contribution in [3.63, 3.8) is 0 Å². The van der Waals surface area contributed by atoms with Gasteiger partial charge >= 0.3 is 0 Å². The predicted molar refractivity (Wildman–Crippen MR) is 73.5 cm³/mol. The van der Waals surface area contributed by atoms with Crippen LogP contribution in [0.2, 0.25) is 0 Å². The summed E-state index contributed by atoms with van der Waals surface area (Å²) in [6, 6.07) is 6.84. The van der Waals surface area contributed by atoms with Crippen molar-refractivity contribution in [1.82, 2.24) is 10.6 Å². The molecule has 1 aromatic rings. The summed E-state index contributed by atoms with van der Waals surface area (Å²) in [4.78, 5) is 11.6. The minimum Gasteiger partial charge on any atom is -0.354 e. The van der Waals surface area contributed by atoms with E-state index in [1.807, 2.05) is 13.8 Å². The quantitative estimate of drug-likeness (QED) is 0.850. The Kier molecular flexibility index (Phi) is 4.37. The fourth-order valence-corrected chi connectivity index (χ4v) is 2.34. The third kappa shape index (κ3) is 3.57. The molecule has 1 heterocycles. The van der Waals surface area contributed by atoms with Gasteiger partial charge in [-0.2, -0.15) is 0 Å². The van der Waals surface area contributed by atoms with E-state index >= 15 is 0 Å². The molecule has 0 unspecified atom stereocenters. The molecular weight excluding hydrogens is 224 g/mol. The van der Waals surface area contributed by atoms with Crippen molar-refractivity contribution in [2.24, 2.45) is 0 Å². The van der Waals surface area contributed by atoms with Gasteiger partial charge in [0.05, 0.1) is 0 Å². The lowest BCUT2D eigenvalue weighted by Gasteiger charge is -2.18. The Morgan fingerprint density at radius 3 is 3.00 bits per heavy atom. The molecule has 3 heteroatoms. The summed E-state index contributed by atoms with van der Waals surface area (Å²) >= 11 is 0. The average Bonchev–Trinajstić information content (AvgIpc) is 2.35. The molecule has 0 saturated carbocycles. The maximum atomic E-state index is 11.6. The largest absolute Gasteiger partial charge is 0.354 e. The number of rotatable bonds is 4. The fraction of sp³-hybridized carbons (Fsp3) is 0.533. The van der Waals surface area contributed by atoms with Gasteiger partial charge in [0, 0.05) is 19.0 Å². The molecule has 2 rings (SSSR count). The molecule has 0 aromatic heterocycles. The van der Waals surface area contributed by atoms with Crippen molar-refractivity contribution in [2.45, 2.75) is 45.7 Å². The van der Waals surface area contributed by atoms with Gasteiger partial charge in [-0.15, -0.1) is 0 Å². The first-order chi connectivity index (χ1) is 8.65. The van der Waals surface area contributed by atoms with Gasteiger partial charge in [0.15, 0.2) is 0 Å². The second-order valence-electron chi connectivity index (χ2n) is 5.25. The Labute approximate surface area is 109 Å². The van der Waals surface area contributed by atoms with E-state index in [0.29, 0.717) is 6.42 Å². The maximum absolute atomic E-state index is 11.6. The molecule has 0 saturated heterocycles. The van der Waals surface area contributed by atoms with Gasteiger partial charge in [-0.1, -0.05) is 18.2 Å². The number of carbonyl (C=O) groups excluding carboxylic acids is 1. The summed E-state index contributed by atoms with van der Waals surface area (Å²) in [6.45, 7) is 6.01. The van der Waals surface area contributed by atoms with Gasteiger partial charge in [0.25, 0.3) is 0 Å². The summed E-state index contributed by atoms with van der Waals surface area (Å²) in [6.07, 6.45) is 2.51. The highest BCUT2D eigenvalue weighted by Gasteiger charge is 2.09. The molecule has 0 radical (unpaired) electrons. The maximum Gasteiger partial charge on any atom is 0.220 e. The molecule has 0 aliphatic carbocycles. The molecule has 98 valence electrons. The topological polar surface area (TPSA) is 41.1 Å². The number of hydrogen-bond donors (Lipinski definition) is 2. The first-order valence-electron chi connectivity index (χ1n) is 6.76. The number of hydrogen-bond acceptors (Lipinski definition) is 2. The highest BCUT2D eigenvalue weighted by molar-refractivity contribution is 5.76. The third-order valence-corrected chi connectivity index (χ3v) is 3.25. The zero-order chi connectivity index (χ0) is 13.0. The zero-order valence-electron chi connectivity index (χ0n) is 11.3. The SMILES string of the molecule is CC(C)NC(=O)CCc1ccc2c(c1)CNCC2. The van der Waals surface area contributed by atoms with Crippen molar-refractivity contribution in [3.05, 3.63) is 34.9 Å². The van der Waals surface area contributed by atoms with Gasteiger partial charge < -0.3 is 10.6 Å². The minimum atomic E-state index is 0.140. The third-order valence-electron chi connectivity index (χ3n) is 3.25. The molecule has 0 spiro atoms. The Bertz CT molecular complexity index is 427. The first kappa shape index (κ1) is 13.1. The van der Waals surface area contributed by atoms with Crippen LogP contribution in [-0.2, 0) is 24.2 Å². The second-order valence-corrected chi connectivity index (χ2v) is 5.25. The molecule has 0 fully saturated rings. The monoisotopic (exact) mass is 246 g/mol. The minimum absolute atomic E-state index is 0.140. The molecule has 1 aliphatic rings. The number of nitrogens with one attached hydrogen (secondary N) is 2. The van der Waals surface area contributed by atoms with Crippen LogP contribution >= 0.6 is 0 Å².